The topological polar surface area (TPSA) is 193 Å². The molecule has 0 saturated carbocycles. The van der Waals surface area contributed by atoms with Crippen LogP contribution in [0.5, 0.6) is 23.0 Å². The lowest BCUT2D eigenvalue weighted by molar-refractivity contribution is -0.137. The summed E-state index contributed by atoms with van der Waals surface area (Å²) >= 11 is 3.29. The number of ether oxygens (including phenoxy) is 8. The molecule has 0 spiro atoms. The lowest BCUT2D eigenvalue weighted by atomic mass is 9.86. The second-order valence-electron chi connectivity index (χ2n) is 14.9. The van der Waals surface area contributed by atoms with Crippen molar-refractivity contribution in [2.75, 3.05) is 104 Å². The van der Waals surface area contributed by atoms with E-state index >= 15 is 0 Å². The van der Waals surface area contributed by atoms with Crippen LogP contribution in [0.15, 0.2) is 6.07 Å². The van der Waals surface area contributed by atoms with E-state index in [1.54, 1.807) is 13.0 Å². The highest BCUT2D eigenvalue weighted by atomic mass is 79.9. The van der Waals surface area contributed by atoms with Crippen molar-refractivity contribution in [3.63, 3.8) is 0 Å². The van der Waals surface area contributed by atoms with Gasteiger partial charge in [0.15, 0.2) is 11.2 Å². The number of benzene rings is 2. The summed E-state index contributed by atoms with van der Waals surface area (Å²) in [5, 5.41) is 35.4. The zero-order valence-electron chi connectivity index (χ0n) is 36.0. The van der Waals surface area contributed by atoms with Gasteiger partial charge in [0.05, 0.1) is 85.9 Å². The fourth-order valence-electron chi connectivity index (χ4n) is 6.54. The molecule has 2 amide bonds. The van der Waals surface area contributed by atoms with Crippen LogP contribution in [0, 0.1) is 34.6 Å². The Hall–Kier alpha value is -3.22. The van der Waals surface area contributed by atoms with Gasteiger partial charge >= 0.3 is 0 Å². The highest BCUT2D eigenvalue weighted by Crippen LogP contribution is 2.43. The van der Waals surface area contributed by atoms with Crippen molar-refractivity contribution in [2.24, 2.45) is 0 Å². The van der Waals surface area contributed by atoms with Gasteiger partial charge in [0.2, 0.25) is 0 Å². The number of alkyl halides is 1. The molecule has 16 heteroatoms. The Labute approximate surface area is 357 Å². The number of aliphatic hydroxyl groups excluding tert-OH is 1. The number of rotatable bonds is 24. The molecule has 2 aliphatic heterocycles. The van der Waals surface area contributed by atoms with Crippen LogP contribution in [0.4, 0.5) is 0 Å². The molecule has 2 atom stereocenters. The van der Waals surface area contributed by atoms with Gasteiger partial charge in [0.1, 0.15) is 23.0 Å². The van der Waals surface area contributed by atoms with Gasteiger partial charge in [-0.3, -0.25) is 9.59 Å². The van der Waals surface area contributed by atoms with E-state index in [-0.39, 0.29) is 24.2 Å². The SMILES string of the molecule is Cc1c(C)c2c(c(C)c1O)CCC(C)(C(=O)NCCOCCOCCOCCBr)O2.Cc1c(O)cc2c(c1C)OC(C)(C(=O)NCCOCCOCCOCCO)CC2. The number of amides is 2. The summed E-state index contributed by atoms with van der Waals surface area (Å²) in [6.45, 7) is 19.4. The van der Waals surface area contributed by atoms with E-state index in [0.29, 0.717) is 130 Å². The number of aryl methyl sites for hydroxylation is 1. The number of fused-ring (bicyclic) bond motifs is 2. The summed E-state index contributed by atoms with van der Waals surface area (Å²) in [4.78, 5) is 25.4. The number of aliphatic hydroxyl groups is 1. The lowest BCUT2D eigenvalue weighted by Gasteiger charge is -2.36. The minimum atomic E-state index is -0.946. The molecule has 0 aliphatic carbocycles. The normalized spacial score (nSPS) is 18.1. The third-order valence-corrected chi connectivity index (χ3v) is 10.9. The van der Waals surface area contributed by atoms with Crippen LogP contribution in [0.2, 0.25) is 0 Å². The Morgan fingerprint density at radius 2 is 1.07 bits per heavy atom. The number of phenolic OH excluding ortho intramolecular Hbond substituents is 2. The summed E-state index contributed by atoms with van der Waals surface area (Å²) < 4.78 is 44.3. The zero-order valence-corrected chi connectivity index (χ0v) is 37.6. The van der Waals surface area contributed by atoms with Crippen LogP contribution in [0.1, 0.15) is 65.6 Å². The van der Waals surface area contributed by atoms with E-state index in [2.05, 4.69) is 26.6 Å². The number of hydrogen-bond acceptors (Lipinski definition) is 13. The van der Waals surface area contributed by atoms with Crippen molar-refractivity contribution in [2.45, 2.75) is 85.4 Å². The Bertz CT molecular complexity index is 1640. The van der Waals surface area contributed by atoms with Crippen LogP contribution < -0.4 is 20.1 Å². The van der Waals surface area contributed by atoms with E-state index in [1.165, 1.54) is 0 Å². The summed E-state index contributed by atoms with van der Waals surface area (Å²) in [7, 11) is 0. The molecule has 2 unspecified atom stereocenters. The van der Waals surface area contributed by atoms with Crippen molar-refractivity contribution in [3.05, 3.63) is 45.0 Å². The molecular weight excluding hydrogens is 832 g/mol. The first-order valence-electron chi connectivity index (χ1n) is 20.4. The molecule has 4 rings (SSSR count). The number of hydrogen-bond donors (Lipinski definition) is 5. The van der Waals surface area contributed by atoms with Gasteiger partial charge in [-0.25, -0.2) is 0 Å². The Morgan fingerprint density at radius 3 is 1.58 bits per heavy atom. The van der Waals surface area contributed by atoms with E-state index < -0.39 is 11.2 Å². The number of halogens is 1. The Kier molecular flexibility index (Phi) is 21.7. The quantitative estimate of drug-likeness (QED) is 0.0745. The smallest absolute Gasteiger partial charge is 0.263 e. The maximum atomic E-state index is 12.8. The fraction of sp³-hybridized carbons (Fsp3) is 0.674. The second kappa shape index (κ2) is 25.5. The van der Waals surface area contributed by atoms with E-state index in [0.717, 1.165) is 50.0 Å². The minimum Gasteiger partial charge on any atom is -0.508 e. The van der Waals surface area contributed by atoms with E-state index in [1.807, 2.05) is 41.5 Å². The number of carbonyl (C=O) groups excluding carboxylic acids is 2. The molecule has 2 heterocycles. The minimum absolute atomic E-state index is 0.00820. The molecule has 0 bridgehead atoms. The predicted molar refractivity (Wildman–Crippen MR) is 226 cm³/mol. The first kappa shape index (κ1) is 50.1. The van der Waals surface area contributed by atoms with Crippen LogP contribution in [-0.2, 0) is 50.9 Å². The Balaban J connectivity index is 0.000000316. The van der Waals surface area contributed by atoms with Gasteiger partial charge in [-0.15, -0.1) is 0 Å². The maximum absolute atomic E-state index is 12.8. The zero-order chi connectivity index (χ0) is 43.4. The van der Waals surface area contributed by atoms with Gasteiger partial charge in [-0.1, -0.05) is 15.9 Å². The fourth-order valence-corrected chi connectivity index (χ4v) is 6.77. The average molecular weight is 900 g/mol. The summed E-state index contributed by atoms with van der Waals surface area (Å²) in [6, 6.07) is 1.73. The predicted octanol–water partition coefficient (Wildman–Crippen LogP) is 4.21. The monoisotopic (exact) mass is 898 g/mol. The highest BCUT2D eigenvalue weighted by Gasteiger charge is 2.41. The molecular formula is C43H67BrN2O13. The third-order valence-electron chi connectivity index (χ3n) is 10.6. The summed E-state index contributed by atoms with van der Waals surface area (Å²) in [5.74, 6) is 1.67. The highest BCUT2D eigenvalue weighted by molar-refractivity contribution is 9.09. The largest absolute Gasteiger partial charge is 0.508 e. The molecule has 0 aromatic heterocycles. The van der Waals surface area contributed by atoms with Crippen LogP contribution in [0.3, 0.4) is 0 Å². The number of carbonyl (C=O) groups is 2. The second-order valence-corrected chi connectivity index (χ2v) is 15.7. The van der Waals surface area contributed by atoms with Crippen LogP contribution >= 0.6 is 15.9 Å². The molecule has 2 aromatic rings. The van der Waals surface area contributed by atoms with Gasteiger partial charge < -0.3 is 63.8 Å². The molecule has 334 valence electrons. The summed E-state index contributed by atoms with van der Waals surface area (Å²) in [5.41, 5.74) is 4.18. The van der Waals surface area contributed by atoms with Crippen molar-refractivity contribution >= 4 is 27.7 Å². The van der Waals surface area contributed by atoms with E-state index in [4.69, 9.17) is 43.0 Å². The van der Waals surface area contributed by atoms with Crippen molar-refractivity contribution < 1.29 is 62.8 Å². The maximum Gasteiger partial charge on any atom is 0.263 e. The van der Waals surface area contributed by atoms with E-state index in [9.17, 15) is 19.8 Å². The first-order chi connectivity index (χ1) is 28.2. The van der Waals surface area contributed by atoms with Crippen molar-refractivity contribution in [1.82, 2.24) is 10.6 Å². The number of phenols is 2. The standard InChI is InChI=1S/C22H34BrNO6.C21H33NO7/c1-15-16(2)20-18(17(3)19(15)25)5-6-22(4,30-20)21(26)24-8-10-28-12-14-29-13-11-27-9-7-23;1-15-16(2)19-17(14-18(15)24)4-5-21(3,29-19)20(25)22-6-8-26-10-12-28-13-11-27-9-7-23/h25H,5-14H2,1-4H3,(H,24,26);14,23-24H,4-13H2,1-3H3,(H,22,25). The third kappa shape index (κ3) is 15.0. The Morgan fingerprint density at radius 1 is 0.627 bits per heavy atom. The molecule has 59 heavy (non-hydrogen) atoms. The molecule has 0 fully saturated rings. The molecule has 5 N–H and O–H groups in total. The van der Waals surface area contributed by atoms with Crippen LogP contribution in [-0.4, -0.2) is 143 Å². The molecule has 0 radical (unpaired) electrons. The number of nitrogens with one attached hydrogen (secondary N) is 2. The van der Waals surface area contributed by atoms with Crippen LogP contribution in [0.25, 0.3) is 0 Å². The van der Waals surface area contributed by atoms with Gasteiger partial charge in [-0.2, -0.15) is 0 Å². The van der Waals surface area contributed by atoms with Gasteiger partial charge in [0.25, 0.3) is 11.8 Å². The van der Waals surface area contributed by atoms with Gasteiger partial charge in [0, 0.05) is 36.8 Å². The van der Waals surface area contributed by atoms with Gasteiger partial charge in [-0.05, 0) is 101 Å². The number of aromatic hydroxyl groups is 2. The first-order valence-corrected chi connectivity index (χ1v) is 21.5. The lowest BCUT2D eigenvalue weighted by Crippen LogP contribution is -2.51. The molecule has 2 aromatic carbocycles. The van der Waals surface area contributed by atoms with Crippen molar-refractivity contribution in [3.8, 4) is 23.0 Å². The molecule has 0 saturated heterocycles. The molecule has 15 nitrogen and oxygen atoms in total. The molecule has 2 aliphatic rings. The van der Waals surface area contributed by atoms with Crippen molar-refractivity contribution in [1.29, 1.82) is 0 Å². The average Bonchev–Trinajstić information content (AvgIpc) is 3.22. The summed E-state index contributed by atoms with van der Waals surface area (Å²) in [6.07, 6.45) is 2.46.